The van der Waals surface area contributed by atoms with E-state index in [0.29, 0.717) is 11.9 Å². The van der Waals surface area contributed by atoms with Gasteiger partial charge in [-0.3, -0.25) is 0 Å². The molecule has 0 bridgehead atoms. The molecule has 2 atom stereocenters. The summed E-state index contributed by atoms with van der Waals surface area (Å²) >= 11 is 0. The van der Waals surface area contributed by atoms with Crippen molar-refractivity contribution in [3.63, 3.8) is 0 Å². The summed E-state index contributed by atoms with van der Waals surface area (Å²) in [5.74, 6) is 1.37. The van der Waals surface area contributed by atoms with Gasteiger partial charge in [0.15, 0.2) is 0 Å². The van der Waals surface area contributed by atoms with E-state index in [1.165, 1.54) is 18.5 Å². The zero-order chi connectivity index (χ0) is 10.8. The van der Waals surface area contributed by atoms with Crippen molar-refractivity contribution < 1.29 is 0 Å². The number of anilines is 2. The molecule has 3 nitrogen and oxygen atoms in total. The summed E-state index contributed by atoms with van der Waals surface area (Å²) in [7, 11) is 0. The molecule has 2 N–H and O–H groups in total. The Morgan fingerprint density at radius 3 is 3.00 bits per heavy atom. The maximum Gasteiger partial charge on any atom is 0.125 e. The summed E-state index contributed by atoms with van der Waals surface area (Å²) in [6.07, 6.45) is 4.39. The van der Waals surface area contributed by atoms with Crippen LogP contribution in [0, 0.1) is 5.92 Å². The molecule has 1 aliphatic heterocycles. The van der Waals surface area contributed by atoms with Crippen LogP contribution in [-0.4, -0.2) is 17.6 Å². The quantitative estimate of drug-likeness (QED) is 0.765. The van der Waals surface area contributed by atoms with Gasteiger partial charge >= 0.3 is 0 Å². The van der Waals surface area contributed by atoms with Crippen LogP contribution < -0.4 is 10.6 Å². The van der Waals surface area contributed by atoms with Crippen LogP contribution in [0.1, 0.15) is 26.7 Å². The van der Waals surface area contributed by atoms with E-state index in [-0.39, 0.29) is 0 Å². The molecule has 1 fully saturated rings. The number of aromatic nitrogens is 1. The molecular weight excluding hydrogens is 186 g/mol. The molecule has 0 aliphatic carbocycles. The maximum atomic E-state index is 5.71. The van der Waals surface area contributed by atoms with Crippen molar-refractivity contribution in [2.75, 3.05) is 17.2 Å². The lowest BCUT2D eigenvalue weighted by atomic mass is 9.92. The number of nitrogens with zero attached hydrogens (tertiary/aromatic N) is 2. The molecule has 2 heterocycles. The van der Waals surface area contributed by atoms with Gasteiger partial charge in [-0.1, -0.05) is 6.92 Å². The van der Waals surface area contributed by atoms with Crippen LogP contribution in [-0.2, 0) is 0 Å². The molecule has 0 spiro atoms. The number of nitrogen functional groups attached to an aromatic ring is 1. The summed E-state index contributed by atoms with van der Waals surface area (Å²) in [6.45, 7) is 5.75. The van der Waals surface area contributed by atoms with Gasteiger partial charge in [-0.05, 0) is 31.7 Å². The van der Waals surface area contributed by atoms with Gasteiger partial charge in [-0.2, -0.15) is 0 Å². The SMILES string of the molecule is CC1CCCN(c2ccnc(N)c2)C1C. The van der Waals surface area contributed by atoms with Crippen LogP contribution in [0.4, 0.5) is 11.5 Å². The Bertz CT molecular complexity index is 337. The van der Waals surface area contributed by atoms with Crippen LogP contribution in [0.2, 0.25) is 0 Å². The zero-order valence-corrected chi connectivity index (χ0v) is 9.48. The molecule has 82 valence electrons. The van der Waals surface area contributed by atoms with Crippen molar-refractivity contribution in [2.24, 2.45) is 5.92 Å². The third-order valence-electron chi connectivity index (χ3n) is 3.47. The summed E-state index contributed by atoms with van der Waals surface area (Å²) in [5.41, 5.74) is 6.92. The van der Waals surface area contributed by atoms with E-state index in [2.05, 4.69) is 23.7 Å². The molecule has 1 saturated heterocycles. The zero-order valence-electron chi connectivity index (χ0n) is 9.48. The fraction of sp³-hybridized carbons (Fsp3) is 0.583. The Morgan fingerprint density at radius 1 is 1.47 bits per heavy atom. The molecule has 2 rings (SSSR count). The monoisotopic (exact) mass is 205 g/mol. The highest BCUT2D eigenvalue weighted by Crippen LogP contribution is 2.28. The Balaban J connectivity index is 2.22. The first-order valence-electron chi connectivity index (χ1n) is 5.66. The largest absolute Gasteiger partial charge is 0.384 e. The predicted octanol–water partition coefficient (Wildman–Crippen LogP) is 2.29. The molecule has 0 aromatic carbocycles. The van der Waals surface area contributed by atoms with Crippen molar-refractivity contribution in [1.82, 2.24) is 4.98 Å². The second-order valence-corrected chi connectivity index (χ2v) is 4.49. The molecule has 0 radical (unpaired) electrons. The van der Waals surface area contributed by atoms with Crippen molar-refractivity contribution in [3.8, 4) is 0 Å². The van der Waals surface area contributed by atoms with Crippen molar-refractivity contribution in [1.29, 1.82) is 0 Å². The number of hydrogen-bond acceptors (Lipinski definition) is 3. The normalized spacial score (nSPS) is 26.7. The minimum Gasteiger partial charge on any atom is -0.384 e. The van der Waals surface area contributed by atoms with Crippen LogP contribution in [0.5, 0.6) is 0 Å². The minimum atomic E-state index is 0.598. The molecule has 0 amide bonds. The summed E-state index contributed by atoms with van der Waals surface area (Å²) in [4.78, 5) is 6.47. The standard InChI is InChI=1S/C12H19N3/c1-9-4-3-7-15(10(9)2)11-5-6-14-12(13)8-11/h5-6,8-10H,3-4,7H2,1-2H3,(H2,13,14). The third-order valence-corrected chi connectivity index (χ3v) is 3.47. The van der Waals surface area contributed by atoms with Gasteiger partial charge in [0.05, 0.1) is 0 Å². The minimum absolute atomic E-state index is 0.598. The third kappa shape index (κ3) is 2.06. The van der Waals surface area contributed by atoms with E-state index < -0.39 is 0 Å². The fourth-order valence-corrected chi connectivity index (χ4v) is 2.32. The molecular formula is C12H19N3. The van der Waals surface area contributed by atoms with E-state index in [4.69, 9.17) is 5.73 Å². The fourth-order valence-electron chi connectivity index (χ4n) is 2.32. The van der Waals surface area contributed by atoms with E-state index in [1.54, 1.807) is 6.20 Å². The lowest BCUT2D eigenvalue weighted by Gasteiger charge is -2.39. The molecule has 0 saturated carbocycles. The van der Waals surface area contributed by atoms with Gasteiger partial charge in [0.2, 0.25) is 0 Å². The average Bonchev–Trinajstić information content (AvgIpc) is 2.22. The Morgan fingerprint density at radius 2 is 2.27 bits per heavy atom. The van der Waals surface area contributed by atoms with Gasteiger partial charge in [-0.25, -0.2) is 4.98 Å². The number of nitrogens with two attached hydrogens (primary N) is 1. The topological polar surface area (TPSA) is 42.2 Å². The summed E-state index contributed by atoms with van der Waals surface area (Å²) in [5, 5.41) is 0. The van der Waals surface area contributed by atoms with Crippen molar-refractivity contribution >= 4 is 11.5 Å². The van der Waals surface area contributed by atoms with Gasteiger partial charge in [0.25, 0.3) is 0 Å². The first-order valence-corrected chi connectivity index (χ1v) is 5.66. The smallest absolute Gasteiger partial charge is 0.125 e. The van der Waals surface area contributed by atoms with Gasteiger partial charge in [0.1, 0.15) is 5.82 Å². The number of hydrogen-bond donors (Lipinski definition) is 1. The first kappa shape index (κ1) is 10.3. The Kier molecular flexibility index (Phi) is 2.80. The number of pyridine rings is 1. The summed E-state index contributed by atoms with van der Waals surface area (Å²) in [6, 6.07) is 4.61. The lowest BCUT2D eigenvalue weighted by molar-refractivity contribution is 0.363. The van der Waals surface area contributed by atoms with E-state index >= 15 is 0 Å². The molecule has 2 unspecified atom stereocenters. The average molecular weight is 205 g/mol. The Hall–Kier alpha value is -1.25. The first-order chi connectivity index (χ1) is 7.18. The highest BCUT2D eigenvalue weighted by molar-refractivity contribution is 5.53. The van der Waals surface area contributed by atoms with Crippen molar-refractivity contribution in [3.05, 3.63) is 18.3 Å². The highest BCUT2D eigenvalue weighted by atomic mass is 15.2. The molecule has 3 heteroatoms. The van der Waals surface area contributed by atoms with Crippen LogP contribution in [0.15, 0.2) is 18.3 Å². The number of rotatable bonds is 1. The molecule has 15 heavy (non-hydrogen) atoms. The predicted molar refractivity (Wildman–Crippen MR) is 63.9 cm³/mol. The van der Waals surface area contributed by atoms with E-state index in [0.717, 1.165) is 12.5 Å². The lowest BCUT2D eigenvalue weighted by Crippen LogP contribution is -2.42. The van der Waals surface area contributed by atoms with Crippen LogP contribution >= 0.6 is 0 Å². The highest BCUT2D eigenvalue weighted by Gasteiger charge is 2.24. The molecule has 1 aliphatic rings. The maximum absolute atomic E-state index is 5.71. The van der Waals surface area contributed by atoms with Gasteiger partial charge < -0.3 is 10.6 Å². The second kappa shape index (κ2) is 4.09. The Labute approximate surface area is 91.3 Å². The molecule has 1 aromatic heterocycles. The second-order valence-electron chi connectivity index (χ2n) is 4.49. The molecule has 1 aromatic rings. The van der Waals surface area contributed by atoms with Crippen LogP contribution in [0.25, 0.3) is 0 Å². The van der Waals surface area contributed by atoms with E-state index in [9.17, 15) is 0 Å². The van der Waals surface area contributed by atoms with Gasteiger partial charge in [-0.15, -0.1) is 0 Å². The van der Waals surface area contributed by atoms with Crippen molar-refractivity contribution in [2.45, 2.75) is 32.7 Å². The van der Waals surface area contributed by atoms with Crippen LogP contribution in [0.3, 0.4) is 0 Å². The van der Waals surface area contributed by atoms with Gasteiger partial charge in [0, 0.05) is 30.5 Å². The summed E-state index contributed by atoms with van der Waals surface area (Å²) < 4.78 is 0. The van der Waals surface area contributed by atoms with E-state index in [1.807, 2.05) is 12.1 Å². The number of piperidine rings is 1.